The lowest BCUT2D eigenvalue weighted by molar-refractivity contribution is 0.0410. The van der Waals surface area contributed by atoms with Crippen LogP contribution in [0.15, 0.2) is 34.2 Å². The third-order valence-corrected chi connectivity index (χ3v) is 5.53. The number of rotatable bonds is 7. The summed E-state index contributed by atoms with van der Waals surface area (Å²) in [5, 5.41) is 0.725. The molecule has 5 nitrogen and oxygen atoms in total. The minimum atomic E-state index is -0.00140. The van der Waals surface area contributed by atoms with Gasteiger partial charge < -0.3 is 9.72 Å². The number of nitrogens with zero attached hydrogens (tertiary/aromatic N) is 2. The molecule has 1 N–H and O–H groups in total. The molecule has 0 aliphatic carbocycles. The summed E-state index contributed by atoms with van der Waals surface area (Å²) in [6.07, 6.45) is 1.40. The summed E-state index contributed by atoms with van der Waals surface area (Å²) in [6, 6.07) is 8.43. The van der Waals surface area contributed by atoms with Gasteiger partial charge in [-0.05, 0) is 18.9 Å². The highest BCUT2D eigenvalue weighted by Gasteiger charge is 2.13. The second-order valence-electron chi connectivity index (χ2n) is 6.61. The summed E-state index contributed by atoms with van der Waals surface area (Å²) in [5.74, 6) is 0.915. The summed E-state index contributed by atoms with van der Waals surface area (Å²) in [5.41, 5.74) is 4.12. The SMILES string of the molecule is CCc1c(Cc2ccc(C)cc2)nc(SCCN2CCOCC2)[nH]c1=O. The maximum absolute atomic E-state index is 12.5. The molecule has 26 heavy (non-hydrogen) atoms. The van der Waals surface area contributed by atoms with Gasteiger partial charge in [0.2, 0.25) is 0 Å². The predicted molar refractivity (Wildman–Crippen MR) is 106 cm³/mol. The first-order valence-electron chi connectivity index (χ1n) is 9.26. The molecule has 1 aromatic carbocycles. The monoisotopic (exact) mass is 373 g/mol. The molecule has 0 atom stereocenters. The Morgan fingerprint density at radius 1 is 1.23 bits per heavy atom. The normalized spacial score (nSPS) is 15.3. The summed E-state index contributed by atoms with van der Waals surface area (Å²) in [4.78, 5) is 22.6. The number of hydrogen-bond donors (Lipinski definition) is 1. The highest BCUT2D eigenvalue weighted by molar-refractivity contribution is 7.99. The van der Waals surface area contributed by atoms with E-state index in [2.05, 4.69) is 41.1 Å². The fourth-order valence-corrected chi connectivity index (χ4v) is 3.98. The molecule has 6 heteroatoms. The molecule has 0 bridgehead atoms. The van der Waals surface area contributed by atoms with Crippen molar-refractivity contribution in [2.75, 3.05) is 38.6 Å². The van der Waals surface area contributed by atoms with Gasteiger partial charge in [0.15, 0.2) is 5.16 Å². The zero-order chi connectivity index (χ0) is 18.4. The van der Waals surface area contributed by atoms with Crippen LogP contribution < -0.4 is 5.56 Å². The lowest BCUT2D eigenvalue weighted by Gasteiger charge is -2.26. The zero-order valence-electron chi connectivity index (χ0n) is 15.6. The van der Waals surface area contributed by atoms with E-state index in [-0.39, 0.29) is 5.56 Å². The van der Waals surface area contributed by atoms with E-state index in [1.54, 1.807) is 11.8 Å². The molecule has 0 amide bonds. The molecule has 0 saturated carbocycles. The standard InChI is InChI=1S/C20H27N3O2S/c1-3-17-18(14-16-6-4-15(2)5-7-16)21-20(22-19(17)24)26-13-10-23-8-11-25-12-9-23/h4-7H,3,8-14H2,1-2H3,(H,21,22,24). The smallest absolute Gasteiger partial charge is 0.254 e. The van der Waals surface area contributed by atoms with E-state index in [9.17, 15) is 4.79 Å². The molecule has 2 aromatic rings. The highest BCUT2D eigenvalue weighted by atomic mass is 32.2. The fraction of sp³-hybridized carbons (Fsp3) is 0.500. The minimum Gasteiger partial charge on any atom is -0.379 e. The molecule has 1 aliphatic heterocycles. The van der Waals surface area contributed by atoms with E-state index in [0.717, 1.165) is 55.0 Å². The van der Waals surface area contributed by atoms with Crippen molar-refractivity contribution < 1.29 is 4.74 Å². The number of aryl methyl sites for hydroxylation is 1. The van der Waals surface area contributed by atoms with Crippen LogP contribution in [-0.4, -0.2) is 53.5 Å². The van der Waals surface area contributed by atoms with Crippen molar-refractivity contribution in [3.63, 3.8) is 0 Å². The Bertz CT molecular complexity index is 768. The van der Waals surface area contributed by atoms with E-state index in [1.165, 1.54) is 11.1 Å². The van der Waals surface area contributed by atoms with Gasteiger partial charge in [0, 0.05) is 37.4 Å². The Balaban J connectivity index is 1.69. The molecule has 0 radical (unpaired) electrons. The van der Waals surface area contributed by atoms with Gasteiger partial charge in [0.25, 0.3) is 5.56 Å². The lowest BCUT2D eigenvalue weighted by atomic mass is 10.0. The van der Waals surface area contributed by atoms with Crippen molar-refractivity contribution in [3.8, 4) is 0 Å². The molecule has 0 unspecified atom stereocenters. The van der Waals surface area contributed by atoms with Crippen LogP contribution in [0.2, 0.25) is 0 Å². The number of H-pyrrole nitrogens is 1. The molecular weight excluding hydrogens is 346 g/mol. The van der Waals surface area contributed by atoms with Crippen molar-refractivity contribution in [2.45, 2.75) is 31.8 Å². The second-order valence-corrected chi connectivity index (χ2v) is 7.70. The number of ether oxygens (including phenoxy) is 1. The second kappa shape index (κ2) is 9.35. The summed E-state index contributed by atoms with van der Waals surface area (Å²) >= 11 is 1.63. The van der Waals surface area contributed by atoms with E-state index in [4.69, 9.17) is 9.72 Å². The molecule has 140 valence electrons. The van der Waals surface area contributed by atoms with Crippen molar-refractivity contribution >= 4 is 11.8 Å². The Morgan fingerprint density at radius 3 is 2.65 bits per heavy atom. The maximum atomic E-state index is 12.5. The highest BCUT2D eigenvalue weighted by Crippen LogP contribution is 2.17. The van der Waals surface area contributed by atoms with E-state index >= 15 is 0 Å². The summed E-state index contributed by atoms with van der Waals surface area (Å²) in [7, 11) is 0. The molecule has 1 fully saturated rings. The Kier molecular flexibility index (Phi) is 6.88. The van der Waals surface area contributed by atoms with Gasteiger partial charge in [-0.1, -0.05) is 48.5 Å². The van der Waals surface area contributed by atoms with Gasteiger partial charge in [-0.25, -0.2) is 4.98 Å². The quantitative estimate of drug-likeness (QED) is 0.597. The Morgan fingerprint density at radius 2 is 1.96 bits per heavy atom. The number of aromatic nitrogens is 2. The number of benzene rings is 1. The number of morpholine rings is 1. The third-order valence-electron chi connectivity index (χ3n) is 4.68. The van der Waals surface area contributed by atoms with Crippen LogP contribution in [0.25, 0.3) is 0 Å². The zero-order valence-corrected chi connectivity index (χ0v) is 16.4. The van der Waals surface area contributed by atoms with Crippen LogP contribution in [0.4, 0.5) is 0 Å². The molecule has 3 rings (SSSR count). The number of hydrogen-bond acceptors (Lipinski definition) is 5. The van der Waals surface area contributed by atoms with Crippen LogP contribution in [0, 0.1) is 6.92 Å². The van der Waals surface area contributed by atoms with Gasteiger partial charge in [-0.15, -0.1) is 0 Å². The van der Waals surface area contributed by atoms with Gasteiger partial charge >= 0.3 is 0 Å². The van der Waals surface area contributed by atoms with Gasteiger partial charge in [0.1, 0.15) is 0 Å². The van der Waals surface area contributed by atoms with Crippen LogP contribution >= 0.6 is 11.8 Å². The topological polar surface area (TPSA) is 58.2 Å². The lowest BCUT2D eigenvalue weighted by Crippen LogP contribution is -2.37. The first-order chi connectivity index (χ1) is 12.7. The number of thioether (sulfide) groups is 1. The summed E-state index contributed by atoms with van der Waals surface area (Å²) < 4.78 is 5.38. The maximum Gasteiger partial charge on any atom is 0.254 e. The molecule has 2 heterocycles. The van der Waals surface area contributed by atoms with Crippen LogP contribution in [-0.2, 0) is 17.6 Å². The fourth-order valence-electron chi connectivity index (χ4n) is 3.10. The van der Waals surface area contributed by atoms with Crippen LogP contribution in [0.3, 0.4) is 0 Å². The Labute approximate surface area is 159 Å². The molecule has 1 aliphatic rings. The molecule has 0 spiro atoms. The molecular formula is C20H27N3O2S. The Hall–Kier alpha value is -1.63. The van der Waals surface area contributed by atoms with Crippen molar-refractivity contribution in [2.24, 2.45) is 0 Å². The van der Waals surface area contributed by atoms with E-state index < -0.39 is 0 Å². The number of aromatic amines is 1. The molecule has 1 aromatic heterocycles. The van der Waals surface area contributed by atoms with E-state index in [1.807, 2.05) is 6.92 Å². The van der Waals surface area contributed by atoms with E-state index in [0.29, 0.717) is 12.8 Å². The van der Waals surface area contributed by atoms with Crippen LogP contribution in [0.5, 0.6) is 0 Å². The van der Waals surface area contributed by atoms with Gasteiger partial charge in [0.05, 0.1) is 18.9 Å². The first kappa shape index (κ1) is 19.1. The van der Waals surface area contributed by atoms with Crippen molar-refractivity contribution in [1.82, 2.24) is 14.9 Å². The number of nitrogens with one attached hydrogen (secondary N) is 1. The van der Waals surface area contributed by atoms with Crippen molar-refractivity contribution in [3.05, 3.63) is 57.0 Å². The third kappa shape index (κ3) is 5.19. The average molecular weight is 374 g/mol. The largest absolute Gasteiger partial charge is 0.379 e. The summed E-state index contributed by atoms with van der Waals surface area (Å²) in [6.45, 7) is 8.67. The minimum absolute atomic E-state index is 0.00140. The van der Waals surface area contributed by atoms with Crippen LogP contribution in [0.1, 0.15) is 29.3 Å². The predicted octanol–water partition coefficient (Wildman–Crippen LogP) is 2.66. The first-order valence-corrected chi connectivity index (χ1v) is 10.2. The molecule has 1 saturated heterocycles. The van der Waals surface area contributed by atoms with Crippen molar-refractivity contribution in [1.29, 1.82) is 0 Å². The van der Waals surface area contributed by atoms with Gasteiger partial charge in [-0.3, -0.25) is 9.69 Å². The average Bonchev–Trinajstić information content (AvgIpc) is 2.64. The van der Waals surface area contributed by atoms with Gasteiger partial charge in [-0.2, -0.15) is 0 Å².